The lowest BCUT2D eigenvalue weighted by Crippen LogP contribution is -2.54. The fourth-order valence-corrected chi connectivity index (χ4v) is 4.32. The molecule has 4 unspecified atom stereocenters. The number of nitrogens with zero attached hydrogens (tertiary/aromatic N) is 1. The summed E-state index contributed by atoms with van der Waals surface area (Å²) >= 11 is 0. The summed E-state index contributed by atoms with van der Waals surface area (Å²) in [5.41, 5.74) is -0.793. The molecule has 142 valence electrons. The van der Waals surface area contributed by atoms with E-state index in [-0.39, 0.29) is 42.7 Å². The summed E-state index contributed by atoms with van der Waals surface area (Å²) in [4.78, 5) is 38.5. The van der Waals surface area contributed by atoms with Gasteiger partial charge in [0.1, 0.15) is 12.1 Å². The Hall–Kier alpha value is -1.34. The average Bonchev–Trinajstić information content (AvgIpc) is 2.75. The molecule has 3 fully saturated rings. The largest absolute Gasteiger partial charge is 0.352 e. The maximum absolute atomic E-state index is 12.8. The Kier molecular flexibility index (Phi) is 6.32. The highest BCUT2D eigenvalue weighted by atomic mass is 35.5. The van der Waals surface area contributed by atoms with Crippen molar-refractivity contribution >= 4 is 30.3 Å². The Morgan fingerprint density at radius 3 is 2.72 bits per heavy atom. The van der Waals surface area contributed by atoms with Gasteiger partial charge in [-0.15, -0.1) is 12.4 Å². The Labute approximate surface area is 155 Å². The summed E-state index contributed by atoms with van der Waals surface area (Å²) < 4.78 is 0. The molecule has 1 saturated carbocycles. The molecule has 0 aromatic heterocycles. The molecule has 1 spiro atoms. The molecule has 0 aromatic carbocycles. The Morgan fingerprint density at radius 1 is 1.28 bits per heavy atom. The van der Waals surface area contributed by atoms with Crippen LogP contribution in [0.2, 0.25) is 0 Å². The number of carbonyl (C=O) groups is 3. The van der Waals surface area contributed by atoms with E-state index < -0.39 is 11.6 Å². The Balaban J connectivity index is 0.00000225. The molecule has 2 saturated heterocycles. The molecule has 2 aliphatic heterocycles. The van der Waals surface area contributed by atoms with Crippen molar-refractivity contribution in [3.63, 3.8) is 0 Å². The number of halogens is 1. The first-order chi connectivity index (χ1) is 11.4. The van der Waals surface area contributed by atoms with Gasteiger partial charge >= 0.3 is 6.03 Å². The molecule has 4 atom stereocenters. The zero-order valence-corrected chi connectivity index (χ0v) is 15.8. The smallest absolute Gasteiger partial charge is 0.325 e. The van der Waals surface area contributed by atoms with E-state index in [0.29, 0.717) is 12.5 Å². The summed E-state index contributed by atoms with van der Waals surface area (Å²) in [6.07, 6.45) is 5.36. The van der Waals surface area contributed by atoms with E-state index >= 15 is 0 Å². The lowest BCUT2D eigenvalue weighted by molar-refractivity contribution is -0.137. The van der Waals surface area contributed by atoms with E-state index in [1.165, 1.54) is 0 Å². The van der Waals surface area contributed by atoms with Crippen molar-refractivity contribution in [1.82, 2.24) is 20.9 Å². The van der Waals surface area contributed by atoms with Gasteiger partial charge in [-0.3, -0.25) is 14.5 Å². The maximum atomic E-state index is 12.8. The quantitative estimate of drug-likeness (QED) is 0.648. The lowest BCUT2D eigenvalue weighted by atomic mass is 9.73. The van der Waals surface area contributed by atoms with Crippen LogP contribution < -0.4 is 16.0 Å². The highest BCUT2D eigenvalue weighted by Gasteiger charge is 2.55. The van der Waals surface area contributed by atoms with Crippen LogP contribution in [0.4, 0.5) is 4.79 Å². The van der Waals surface area contributed by atoms with Gasteiger partial charge in [-0.1, -0.05) is 19.8 Å². The molecule has 7 nitrogen and oxygen atoms in total. The van der Waals surface area contributed by atoms with Crippen LogP contribution in [-0.2, 0) is 9.59 Å². The van der Waals surface area contributed by atoms with Crippen LogP contribution in [-0.4, -0.2) is 53.5 Å². The second-order valence-corrected chi connectivity index (χ2v) is 7.58. The first kappa shape index (κ1) is 20.0. The Bertz CT molecular complexity index is 544. The monoisotopic (exact) mass is 372 g/mol. The van der Waals surface area contributed by atoms with Crippen molar-refractivity contribution in [3.8, 4) is 0 Å². The van der Waals surface area contributed by atoms with Crippen LogP contribution in [0.25, 0.3) is 0 Å². The van der Waals surface area contributed by atoms with E-state index in [1.54, 1.807) is 0 Å². The van der Waals surface area contributed by atoms with Crippen LogP contribution >= 0.6 is 12.4 Å². The maximum Gasteiger partial charge on any atom is 0.325 e. The summed E-state index contributed by atoms with van der Waals surface area (Å²) in [5.74, 6) is -0.368. The van der Waals surface area contributed by atoms with Crippen LogP contribution in [0.5, 0.6) is 0 Å². The second kappa shape index (κ2) is 7.91. The van der Waals surface area contributed by atoms with Gasteiger partial charge in [0.15, 0.2) is 0 Å². The minimum Gasteiger partial charge on any atom is -0.352 e. The molecule has 3 N–H and O–H groups in total. The number of nitrogens with one attached hydrogen (secondary N) is 3. The third-order valence-corrected chi connectivity index (χ3v) is 5.79. The SMILES string of the molecule is CC1CC(NC(=O)CN2C(=O)NC3(CCCCC3C)C2=O)CCN1.Cl. The number of amides is 4. The van der Waals surface area contributed by atoms with E-state index in [4.69, 9.17) is 0 Å². The van der Waals surface area contributed by atoms with Gasteiger partial charge in [0.05, 0.1) is 0 Å². The fraction of sp³-hybridized carbons (Fsp3) is 0.824. The molecule has 4 amide bonds. The van der Waals surface area contributed by atoms with Crippen LogP contribution in [0.1, 0.15) is 52.4 Å². The van der Waals surface area contributed by atoms with Crippen molar-refractivity contribution in [3.05, 3.63) is 0 Å². The molecule has 0 aromatic rings. The van der Waals surface area contributed by atoms with Crippen molar-refractivity contribution < 1.29 is 14.4 Å². The number of hydrogen-bond donors (Lipinski definition) is 3. The first-order valence-electron chi connectivity index (χ1n) is 9.09. The molecule has 0 bridgehead atoms. The number of imide groups is 1. The molecule has 25 heavy (non-hydrogen) atoms. The lowest BCUT2D eigenvalue weighted by Gasteiger charge is -2.36. The van der Waals surface area contributed by atoms with E-state index in [2.05, 4.69) is 22.9 Å². The van der Waals surface area contributed by atoms with Crippen LogP contribution in [0, 0.1) is 5.92 Å². The first-order valence-corrected chi connectivity index (χ1v) is 9.09. The molecule has 3 aliphatic rings. The second-order valence-electron chi connectivity index (χ2n) is 7.58. The summed E-state index contributed by atoms with van der Waals surface area (Å²) in [6.45, 7) is 4.79. The molecule has 0 radical (unpaired) electrons. The van der Waals surface area contributed by atoms with Gasteiger partial charge in [-0.05, 0) is 45.1 Å². The van der Waals surface area contributed by atoms with E-state index in [1.807, 2.05) is 6.92 Å². The van der Waals surface area contributed by atoms with E-state index in [9.17, 15) is 14.4 Å². The highest BCUT2D eigenvalue weighted by Crippen LogP contribution is 2.38. The normalized spacial score (nSPS) is 35.3. The van der Waals surface area contributed by atoms with Crippen LogP contribution in [0.15, 0.2) is 0 Å². The number of carbonyl (C=O) groups excluding carboxylic acids is 3. The molecule has 8 heteroatoms. The number of piperidine rings is 1. The van der Waals surface area contributed by atoms with E-state index in [0.717, 1.165) is 43.5 Å². The molecule has 3 rings (SSSR count). The predicted molar refractivity (Wildman–Crippen MR) is 96.5 cm³/mol. The zero-order valence-electron chi connectivity index (χ0n) is 15.0. The number of urea groups is 1. The average molecular weight is 373 g/mol. The Morgan fingerprint density at radius 2 is 2.04 bits per heavy atom. The third kappa shape index (κ3) is 3.92. The topological polar surface area (TPSA) is 90.5 Å². The van der Waals surface area contributed by atoms with Gasteiger partial charge in [-0.25, -0.2) is 4.79 Å². The standard InChI is InChI=1S/C17H28N4O3.ClH/c1-11-5-3-4-7-17(11)15(23)21(16(24)20-17)10-14(22)19-13-6-8-18-12(2)9-13;/h11-13,18H,3-10H2,1-2H3,(H,19,22)(H,20,24);1H. The van der Waals surface area contributed by atoms with Crippen molar-refractivity contribution in [1.29, 1.82) is 0 Å². The number of hydrogen-bond acceptors (Lipinski definition) is 4. The molecule has 2 heterocycles. The van der Waals surface area contributed by atoms with Crippen molar-refractivity contribution in [2.75, 3.05) is 13.1 Å². The summed E-state index contributed by atoms with van der Waals surface area (Å²) in [5, 5.41) is 9.19. The fourth-order valence-electron chi connectivity index (χ4n) is 4.32. The number of rotatable bonds is 3. The molecular formula is C17H29ClN4O3. The van der Waals surface area contributed by atoms with Gasteiger partial charge in [0.25, 0.3) is 5.91 Å². The predicted octanol–water partition coefficient (Wildman–Crippen LogP) is 1.17. The minimum absolute atomic E-state index is 0. The highest BCUT2D eigenvalue weighted by molar-refractivity contribution is 6.09. The van der Waals surface area contributed by atoms with Crippen LogP contribution in [0.3, 0.4) is 0 Å². The van der Waals surface area contributed by atoms with Gasteiger partial charge < -0.3 is 16.0 Å². The van der Waals surface area contributed by atoms with Crippen molar-refractivity contribution in [2.24, 2.45) is 5.92 Å². The van der Waals surface area contributed by atoms with Crippen molar-refractivity contribution in [2.45, 2.75) is 70.0 Å². The summed E-state index contributed by atoms with van der Waals surface area (Å²) in [7, 11) is 0. The van der Waals surface area contributed by atoms with Gasteiger partial charge in [-0.2, -0.15) is 0 Å². The molecule has 1 aliphatic carbocycles. The summed E-state index contributed by atoms with van der Waals surface area (Å²) in [6, 6.07) is 0.0479. The zero-order chi connectivity index (χ0) is 17.3. The van der Waals surface area contributed by atoms with Gasteiger partial charge in [0, 0.05) is 12.1 Å². The third-order valence-electron chi connectivity index (χ3n) is 5.79. The molecular weight excluding hydrogens is 344 g/mol. The minimum atomic E-state index is -0.793. The van der Waals surface area contributed by atoms with Gasteiger partial charge in [0.2, 0.25) is 5.91 Å².